The minimum absolute atomic E-state index is 0.510. The molecule has 2 nitrogen and oxygen atoms in total. The number of rotatable bonds is 2. The van der Waals surface area contributed by atoms with E-state index in [4.69, 9.17) is 0 Å². The van der Waals surface area contributed by atoms with Crippen molar-refractivity contribution in [3.63, 3.8) is 0 Å². The van der Waals surface area contributed by atoms with Crippen LogP contribution in [0, 0.1) is 6.92 Å². The van der Waals surface area contributed by atoms with Crippen LogP contribution in [-0.2, 0) is 0 Å². The monoisotopic (exact) mass is 238 g/mol. The van der Waals surface area contributed by atoms with Crippen LogP contribution in [0.2, 0.25) is 0 Å². The van der Waals surface area contributed by atoms with Crippen LogP contribution in [0.25, 0.3) is 11.3 Å². The minimum atomic E-state index is 0.510. The molecule has 1 aliphatic rings. The van der Waals surface area contributed by atoms with Crippen molar-refractivity contribution in [1.29, 1.82) is 0 Å². The van der Waals surface area contributed by atoms with Crippen molar-refractivity contribution in [2.24, 2.45) is 0 Å². The lowest BCUT2D eigenvalue weighted by atomic mass is 10.0. The van der Waals surface area contributed by atoms with E-state index in [0.717, 1.165) is 12.2 Å². The molecule has 0 saturated carbocycles. The molecule has 18 heavy (non-hydrogen) atoms. The Hall–Kier alpha value is -1.67. The fourth-order valence-electron chi connectivity index (χ4n) is 2.64. The van der Waals surface area contributed by atoms with Crippen LogP contribution in [0.1, 0.15) is 30.0 Å². The smallest absolute Gasteiger partial charge is 0.0707 e. The highest BCUT2D eigenvalue weighted by Crippen LogP contribution is 2.27. The Morgan fingerprint density at radius 2 is 2.11 bits per heavy atom. The summed E-state index contributed by atoms with van der Waals surface area (Å²) in [6.45, 7) is 3.27. The molecular weight excluding hydrogens is 220 g/mol. The van der Waals surface area contributed by atoms with E-state index in [0.29, 0.717) is 6.04 Å². The predicted molar refractivity (Wildman–Crippen MR) is 74.4 cm³/mol. The molecule has 0 bridgehead atoms. The number of pyridine rings is 1. The maximum atomic E-state index is 4.51. The summed E-state index contributed by atoms with van der Waals surface area (Å²) in [7, 11) is 0. The van der Waals surface area contributed by atoms with Crippen molar-refractivity contribution >= 4 is 0 Å². The average molecular weight is 238 g/mol. The molecule has 1 N–H and O–H groups in total. The summed E-state index contributed by atoms with van der Waals surface area (Å²) in [6.07, 6.45) is 4.43. The lowest BCUT2D eigenvalue weighted by Gasteiger charge is -2.12. The molecule has 0 aliphatic carbocycles. The molecule has 3 rings (SSSR count). The van der Waals surface area contributed by atoms with Crippen molar-refractivity contribution < 1.29 is 0 Å². The highest BCUT2D eigenvalue weighted by atomic mass is 14.9. The first kappa shape index (κ1) is 11.4. The Morgan fingerprint density at radius 3 is 2.89 bits per heavy atom. The van der Waals surface area contributed by atoms with Gasteiger partial charge < -0.3 is 5.32 Å². The SMILES string of the molecule is Cc1ccccc1-c1cc(C2CCCN2)ccn1. The average Bonchev–Trinajstić information content (AvgIpc) is 2.93. The van der Waals surface area contributed by atoms with E-state index in [1.807, 2.05) is 6.20 Å². The van der Waals surface area contributed by atoms with Crippen LogP contribution in [-0.4, -0.2) is 11.5 Å². The van der Waals surface area contributed by atoms with E-state index in [-0.39, 0.29) is 0 Å². The van der Waals surface area contributed by atoms with E-state index in [2.05, 4.69) is 53.6 Å². The van der Waals surface area contributed by atoms with Crippen LogP contribution in [0.3, 0.4) is 0 Å². The summed E-state index contributed by atoms with van der Waals surface area (Å²) >= 11 is 0. The summed E-state index contributed by atoms with van der Waals surface area (Å²) in [6, 6.07) is 13.3. The van der Waals surface area contributed by atoms with Gasteiger partial charge in [0.05, 0.1) is 5.69 Å². The molecule has 1 aromatic heterocycles. The van der Waals surface area contributed by atoms with Gasteiger partial charge in [-0.25, -0.2) is 0 Å². The molecule has 0 amide bonds. The van der Waals surface area contributed by atoms with E-state index >= 15 is 0 Å². The maximum absolute atomic E-state index is 4.51. The fourth-order valence-corrected chi connectivity index (χ4v) is 2.64. The lowest BCUT2D eigenvalue weighted by Crippen LogP contribution is -2.12. The van der Waals surface area contributed by atoms with Crippen LogP contribution in [0.4, 0.5) is 0 Å². The summed E-state index contributed by atoms with van der Waals surface area (Å²) in [5, 5.41) is 3.54. The van der Waals surface area contributed by atoms with Gasteiger partial charge in [-0.2, -0.15) is 0 Å². The van der Waals surface area contributed by atoms with E-state index < -0.39 is 0 Å². The molecule has 1 fully saturated rings. The number of aromatic nitrogens is 1. The Balaban J connectivity index is 1.98. The second-order valence-electron chi connectivity index (χ2n) is 4.94. The van der Waals surface area contributed by atoms with Gasteiger partial charge in [-0.1, -0.05) is 24.3 Å². The van der Waals surface area contributed by atoms with E-state index in [1.165, 1.54) is 29.5 Å². The quantitative estimate of drug-likeness (QED) is 0.866. The van der Waals surface area contributed by atoms with Gasteiger partial charge in [0, 0.05) is 17.8 Å². The molecule has 1 unspecified atom stereocenters. The second kappa shape index (κ2) is 4.91. The topological polar surface area (TPSA) is 24.9 Å². The zero-order chi connectivity index (χ0) is 12.4. The van der Waals surface area contributed by atoms with E-state index in [1.54, 1.807) is 0 Å². The molecule has 2 aromatic rings. The van der Waals surface area contributed by atoms with Gasteiger partial charge in [0.2, 0.25) is 0 Å². The molecule has 0 radical (unpaired) electrons. The summed E-state index contributed by atoms with van der Waals surface area (Å²) in [5.74, 6) is 0. The summed E-state index contributed by atoms with van der Waals surface area (Å²) in [5.41, 5.74) is 4.96. The molecule has 2 heterocycles. The fraction of sp³-hybridized carbons (Fsp3) is 0.312. The Bertz CT molecular complexity index is 542. The van der Waals surface area contributed by atoms with Crippen LogP contribution in [0.5, 0.6) is 0 Å². The zero-order valence-corrected chi connectivity index (χ0v) is 10.7. The largest absolute Gasteiger partial charge is 0.310 e. The molecule has 0 spiro atoms. The Morgan fingerprint density at radius 1 is 1.22 bits per heavy atom. The first-order valence-corrected chi connectivity index (χ1v) is 6.60. The number of benzene rings is 1. The van der Waals surface area contributed by atoms with Gasteiger partial charge in [-0.05, 0) is 49.6 Å². The maximum Gasteiger partial charge on any atom is 0.0707 e. The van der Waals surface area contributed by atoms with Gasteiger partial charge in [0.25, 0.3) is 0 Å². The van der Waals surface area contributed by atoms with Crippen molar-refractivity contribution in [3.05, 3.63) is 53.7 Å². The third-order valence-corrected chi connectivity index (χ3v) is 3.67. The summed E-state index contributed by atoms with van der Waals surface area (Å²) < 4.78 is 0. The van der Waals surface area contributed by atoms with Crippen LogP contribution < -0.4 is 5.32 Å². The van der Waals surface area contributed by atoms with Gasteiger partial charge in [-0.3, -0.25) is 4.98 Å². The number of aryl methyl sites for hydroxylation is 1. The standard InChI is InChI=1S/C16H18N2/c1-12-5-2-3-6-14(12)16-11-13(8-10-18-16)15-7-4-9-17-15/h2-3,5-6,8,10-11,15,17H,4,7,9H2,1H3. The number of hydrogen-bond donors (Lipinski definition) is 1. The molecule has 92 valence electrons. The van der Waals surface area contributed by atoms with Crippen molar-refractivity contribution in [1.82, 2.24) is 10.3 Å². The molecule has 1 aliphatic heterocycles. The predicted octanol–water partition coefficient (Wildman–Crippen LogP) is 3.48. The lowest BCUT2D eigenvalue weighted by molar-refractivity contribution is 0.647. The molecule has 2 heteroatoms. The third kappa shape index (κ3) is 2.16. The minimum Gasteiger partial charge on any atom is -0.310 e. The van der Waals surface area contributed by atoms with Crippen LogP contribution >= 0.6 is 0 Å². The highest BCUT2D eigenvalue weighted by Gasteiger charge is 2.16. The third-order valence-electron chi connectivity index (χ3n) is 3.67. The molecular formula is C16H18N2. The van der Waals surface area contributed by atoms with Crippen molar-refractivity contribution in [3.8, 4) is 11.3 Å². The van der Waals surface area contributed by atoms with Crippen LogP contribution in [0.15, 0.2) is 42.6 Å². The number of hydrogen-bond acceptors (Lipinski definition) is 2. The van der Waals surface area contributed by atoms with Gasteiger partial charge in [0.15, 0.2) is 0 Å². The normalized spacial score (nSPS) is 19.1. The number of nitrogens with one attached hydrogen (secondary N) is 1. The molecule has 1 saturated heterocycles. The number of nitrogens with zero attached hydrogens (tertiary/aromatic N) is 1. The Kier molecular flexibility index (Phi) is 3.11. The van der Waals surface area contributed by atoms with Gasteiger partial charge in [-0.15, -0.1) is 0 Å². The van der Waals surface area contributed by atoms with Crippen molar-refractivity contribution in [2.45, 2.75) is 25.8 Å². The van der Waals surface area contributed by atoms with Gasteiger partial charge >= 0.3 is 0 Å². The second-order valence-corrected chi connectivity index (χ2v) is 4.94. The first-order chi connectivity index (χ1) is 8.84. The molecule has 1 aromatic carbocycles. The molecule has 1 atom stereocenters. The zero-order valence-electron chi connectivity index (χ0n) is 10.7. The van der Waals surface area contributed by atoms with Gasteiger partial charge in [0.1, 0.15) is 0 Å². The van der Waals surface area contributed by atoms with Crippen molar-refractivity contribution in [2.75, 3.05) is 6.54 Å². The first-order valence-electron chi connectivity index (χ1n) is 6.60. The highest BCUT2D eigenvalue weighted by molar-refractivity contribution is 5.63. The Labute approximate surface area is 108 Å². The van der Waals surface area contributed by atoms with E-state index in [9.17, 15) is 0 Å². The summed E-state index contributed by atoms with van der Waals surface area (Å²) in [4.78, 5) is 4.51.